The molecule has 4 aromatic rings. The zero-order valence-corrected chi connectivity index (χ0v) is 19.5. The molecule has 3 aromatic carbocycles. The van der Waals surface area contributed by atoms with Crippen molar-refractivity contribution in [2.24, 2.45) is 0 Å². The van der Waals surface area contributed by atoms with Crippen molar-refractivity contribution < 1.29 is 23.8 Å². The number of aromatic nitrogens is 2. The van der Waals surface area contributed by atoms with E-state index in [9.17, 15) is 19.1 Å². The Labute approximate surface area is 207 Å². The smallest absolute Gasteiger partial charge is 0.247 e. The molecule has 0 bridgehead atoms. The first kappa shape index (κ1) is 24.4. The number of benzene rings is 3. The van der Waals surface area contributed by atoms with Crippen LogP contribution in [0.25, 0.3) is 16.9 Å². The van der Waals surface area contributed by atoms with Gasteiger partial charge in [-0.2, -0.15) is 5.10 Å². The molecule has 182 valence electrons. The number of carboxylic acids is 1. The van der Waals surface area contributed by atoms with E-state index in [1.54, 1.807) is 23.9 Å². The van der Waals surface area contributed by atoms with Gasteiger partial charge in [-0.3, -0.25) is 4.79 Å². The molecular formula is C28H23FN3O4-. The first-order valence-corrected chi connectivity index (χ1v) is 11.1. The fraction of sp³-hybridized carbons (Fsp3) is 0.107. The molecule has 0 aliphatic rings. The highest BCUT2D eigenvalue weighted by Gasteiger charge is 2.19. The number of para-hydroxylation sites is 1. The van der Waals surface area contributed by atoms with E-state index in [4.69, 9.17) is 9.84 Å². The van der Waals surface area contributed by atoms with Crippen molar-refractivity contribution in [2.75, 3.05) is 7.11 Å². The van der Waals surface area contributed by atoms with Crippen molar-refractivity contribution in [3.05, 3.63) is 114 Å². The fourth-order valence-electron chi connectivity index (χ4n) is 3.70. The Kier molecular flexibility index (Phi) is 7.55. The molecule has 0 aliphatic carbocycles. The Balaban J connectivity index is 1.74. The SMILES string of the molecule is COc1ccc(-c2nn(-c3ccccc3)cc2CN(Cc2ccc(F)cc2)C(=O)/C=C/C(=O)[O-])cc1. The third-order valence-electron chi connectivity index (χ3n) is 5.50. The first-order valence-electron chi connectivity index (χ1n) is 11.1. The number of hydrogen-bond donors (Lipinski definition) is 0. The van der Waals surface area contributed by atoms with Gasteiger partial charge in [0.2, 0.25) is 5.91 Å². The fourth-order valence-corrected chi connectivity index (χ4v) is 3.70. The summed E-state index contributed by atoms with van der Waals surface area (Å²) >= 11 is 0. The van der Waals surface area contributed by atoms with Crippen LogP contribution in [0.5, 0.6) is 5.75 Å². The third-order valence-corrected chi connectivity index (χ3v) is 5.50. The number of nitrogens with zero attached hydrogens (tertiary/aromatic N) is 3. The summed E-state index contributed by atoms with van der Waals surface area (Å²) in [5.74, 6) is -1.69. The lowest BCUT2D eigenvalue weighted by Crippen LogP contribution is -2.29. The summed E-state index contributed by atoms with van der Waals surface area (Å²) in [5.41, 5.74) is 3.74. The lowest BCUT2D eigenvalue weighted by Gasteiger charge is -2.21. The Bertz CT molecular complexity index is 1360. The van der Waals surface area contributed by atoms with Crippen LogP contribution >= 0.6 is 0 Å². The molecule has 0 atom stereocenters. The van der Waals surface area contributed by atoms with Gasteiger partial charge in [0.1, 0.15) is 11.6 Å². The molecule has 0 aliphatic heterocycles. The molecule has 7 nitrogen and oxygen atoms in total. The summed E-state index contributed by atoms with van der Waals surface area (Å²) in [6.07, 6.45) is 3.48. The zero-order chi connectivity index (χ0) is 25.5. The molecule has 0 N–H and O–H groups in total. The van der Waals surface area contributed by atoms with Gasteiger partial charge in [-0.1, -0.05) is 30.3 Å². The van der Waals surface area contributed by atoms with Crippen LogP contribution in [-0.2, 0) is 22.7 Å². The standard InChI is InChI=1S/C28H24FN3O4/c1-36-25-13-9-21(10-14-25)28-22(19-32(30-28)24-5-3-2-4-6-24)18-31(26(33)15-16-27(34)35)17-20-7-11-23(29)12-8-20/h2-16,19H,17-18H2,1H3,(H,34,35)/p-1/b16-15+. The highest BCUT2D eigenvalue weighted by molar-refractivity contribution is 5.93. The number of methoxy groups -OCH3 is 1. The van der Waals surface area contributed by atoms with E-state index in [1.165, 1.54) is 17.0 Å². The van der Waals surface area contributed by atoms with Gasteiger partial charge in [0.25, 0.3) is 0 Å². The van der Waals surface area contributed by atoms with E-state index in [1.807, 2.05) is 60.8 Å². The van der Waals surface area contributed by atoms with Gasteiger partial charge in [0.15, 0.2) is 0 Å². The van der Waals surface area contributed by atoms with Crippen LogP contribution in [0.15, 0.2) is 97.2 Å². The van der Waals surface area contributed by atoms with Crippen molar-refractivity contribution >= 4 is 11.9 Å². The lowest BCUT2D eigenvalue weighted by atomic mass is 10.1. The van der Waals surface area contributed by atoms with Gasteiger partial charge in [-0.15, -0.1) is 0 Å². The Morgan fingerprint density at radius 2 is 1.67 bits per heavy atom. The van der Waals surface area contributed by atoms with E-state index in [0.717, 1.165) is 22.9 Å². The largest absolute Gasteiger partial charge is 0.545 e. The number of carboxylic acid groups (broad SMARTS) is 1. The number of halogens is 1. The van der Waals surface area contributed by atoms with E-state index in [-0.39, 0.29) is 18.9 Å². The van der Waals surface area contributed by atoms with Gasteiger partial charge in [0.05, 0.1) is 31.0 Å². The second-order valence-corrected chi connectivity index (χ2v) is 7.98. The molecule has 0 fully saturated rings. The summed E-state index contributed by atoms with van der Waals surface area (Å²) in [7, 11) is 1.59. The van der Waals surface area contributed by atoms with Crippen molar-refractivity contribution in [1.29, 1.82) is 0 Å². The first-order chi connectivity index (χ1) is 17.4. The Morgan fingerprint density at radius 3 is 2.31 bits per heavy atom. The lowest BCUT2D eigenvalue weighted by molar-refractivity contribution is -0.297. The van der Waals surface area contributed by atoms with Gasteiger partial charge in [-0.25, -0.2) is 9.07 Å². The third kappa shape index (κ3) is 6.04. The van der Waals surface area contributed by atoms with Crippen LogP contribution in [0, 0.1) is 5.82 Å². The summed E-state index contributed by atoms with van der Waals surface area (Å²) in [6.45, 7) is 0.261. The minimum absolute atomic E-state index is 0.127. The van der Waals surface area contributed by atoms with Gasteiger partial charge in [-0.05, 0) is 60.2 Å². The summed E-state index contributed by atoms with van der Waals surface area (Å²) < 4.78 is 20.4. The maximum Gasteiger partial charge on any atom is 0.247 e. The average molecular weight is 485 g/mol. The van der Waals surface area contributed by atoms with Crippen LogP contribution in [0.1, 0.15) is 11.1 Å². The maximum atomic E-state index is 13.4. The van der Waals surface area contributed by atoms with Crippen LogP contribution in [0.4, 0.5) is 4.39 Å². The molecule has 0 saturated heterocycles. The molecular weight excluding hydrogens is 461 g/mol. The maximum absolute atomic E-state index is 13.4. The molecule has 4 rings (SSSR count). The Hall–Kier alpha value is -4.72. The van der Waals surface area contributed by atoms with E-state index < -0.39 is 11.9 Å². The number of ether oxygens (including phenoxy) is 1. The van der Waals surface area contributed by atoms with Crippen LogP contribution in [-0.4, -0.2) is 33.7 Å². The zero-order valence-electron chi connectivity index (χ0n) is 19.5. The highest BCUT2D eigenvalue weighted by atomic mass is 19.1. The second-order valence-electron chi connectivity index (χ2n) is 7.98. The topological polar surface area (TPSA) is 87.5 Å². The van der Waals surface area contributed by atoms with Gasteiger partial charge >= 0.3 is 0 Å². The summed E-state index contributed by atoms with van der Waals surface area (Å²) in [5, 5.41) is 15.7. The molecule has 0 saturated carbocycles. The van der Waals surface area contributed by atoms with E-state index in [0.29, 0.717) is 23.1 Å². The minimum Gasteiger partial charge on any atom is -0.545 e. The number of carbonyl (C=O) groups is 2. The number of aliphatic carboxylic acids is 1. The van der Waals surface area contributed by atoms with Crippen LogP contribution in [0.3, 0.4) is 0 Å². The Morgan fingerprint density at radius 1 is 0.972 bits per heavy atom. The molecule has 0 radical (unpaired) electrons. The molecule has 1 heterocycles. The molecule has 1 amide bonds. The number of hydrogen-bond acceptors (Lipinski definition) is 5. The molecule has 1 aromatic heterocycles. The quantitative estimate of drug-likeness (QED) is 0.339. The molecule has 0 unspecified atom stereocenters. The van der Waals surface area contributed by atoms with Crippen molar-refractivity contribution in [1.82, 2.24) is 14.7 Å². The average Bonchev–Trinajstić information content (AvgIpc) is 3.32. The number of carbonyl (C=O) groups excluding carboxylic acids is 2. The number of rotatable bonds is 9. The van der Waals surface area contributed by atoms with E-state index >= 15 is 0 Å². The van der Waals surface area contributed by atoms with Crippen molar-refractivity contribution in [3.63, 3.8) is 0 Å². The molecule has 0 spiro atoms. The molecule has 36 heavy (non-hydrogen) atoms. The monoisotopic (exact) mass is 484 g/mol. The minimum atomic E-state index is -1.47. The highest BCUT2D eigenvalue weighted by Crippen LogP contribution is 2.27. The normalized spacial score (nSPS) is 10.9. The van der Waals surface area contributed by atoms with E-state index in [2.05, 4.69) is 0 Å². The van der Waals surface area contributed by atoms with Gasteiger partial charge < -0.3 is 19.5 Å². The van der Waals surface area contributed by atoms with Gasteiger partial charge in [0, 0.05) is 29.9 Å². The van der Waals surface area contributed by atoms with Crippen LogP contribution < -0.4 is 9.84 Å². The second kappa shape index (κ2) is 11.1. The van der Waals surface area contributed by atoms with Crippen molar-refractivity contribution in [3.8, 4) is 22.7 Å². The van der Waals surface area contributed by atoms with Crippen molar-refractivity contribution in [2.45, 2.75) is 13.1 Å². The van der Waals surface area contributed by atoms with Crippen LogP contribution in [0.2, 0.25) is 0 Å². The summed E-state index contributed by atoms with van der Waals surface area (Å²) in [4.78, 5) is 25.3. The molecule has 8 heteroatoms. The predicted molar refractivity (Wildman–Crippen MR) is 130 cm³/mol. The predicted octanol–water partition coefficient (Wildman–Crippen LogP) is 3.52. The number of amides is 1. The summed E-state index contributed by atoms with van der Waals surface area (Å²) in [6, 6.07) is 22.7.